The second kappa shape index (κ2) is 11.3. The fraction of sp³-hybridized carbons (Fsp3) is 0.778. The van der Waals surface area contributed by atoms with Gasteiger partial charge in [-0.1, -0.05) is 89.5 Å². The van der Waals surface area contributed by atoms with Crippen LogP contribution in [0, 0.1) is 23.7 Å². The fourth-order valence-electron chi connectivity index (χ4n) is 5.89. The van der Waals surface area contributed by atoms with Crippen molar-refractivity contribution in [1.82, 2.24) is 0 Å². The highest BCUT2D eigenvalue weighted by molar-refractivity contribution is 5.22. The van der Waals surface area contributed by atoms with Crippen molar-refractivity contribution in [2.45, 2.75) is 110 Å². The summed E-state index contributed by atoms with van der Waals surface area (Å²) in [6.45, 7) is 4.57. The Labute approximate surface area is 169 Å². The van der Waals surface area contributed by atoms with Crippen molar-refractivity contribution in [2.24, 2.45) is 23.7 Å². The first kappa shape index (κ1) is 20.9. The van der Waals surface area contributed by atoms with E-state index in [1.54, 1.807) is 31.2 Å². The van der Waals surface area contributed by atoms with Crippen LogP contribution in [0.4, 0.5) is 0 Å². The molecule has 0 N–H and O–H groups in total. The third-order valence-electron chi connectivity index (χ3n) is 7.94. The summed E-state index contributed by atoms with van der Waals surface area (Å²) in [5, 5.41) is 0. The van der Waals surface area contributed by atoms with Crippen molar-refractivity contribution in [3.63, 3.8) is 0 Å². The first-order chi connectivity index (χ1) is 13.3. The van der Waals surface area contributed by atoms with E-state index >= 15 is 0 Å². The molecule has 2 aliphatic rings. The van der Waals surface area contributed by atoms with Crippen LogP contribution in [0.15, 0.2) is 24.3 Å². The van der Waals surface area contributed by atoms with Crippen LogP contribution in [0.1, 0.15) is 108 Å². The van der Waals surface area contributed by atoms with E-state index < -0.39 is 0 Å². The van der Waals surface area contributed by atoms with E-state index in [-0.39, 0.29) is 0 Å². The monoisotopic (exact) mass is 368 g/mol. The highest BCUT2D eigenvalue weighted by Gasteiger charge is 2.30. The molecule has 0 bridgehead atoms. The smallest absolute Gasteiger partial charge is 0.0276 e. The molecule has 0 spiro atoms. The second-order valence-corrected chi connectivity index (χ2v) is 9.77. The molecule has 1 aromatic carbocycles. The fourth-order valence-corrected chi connectivity index (χ4v) is 5.89. The average Bonchev–Trinajstić information content (AvgIpc) is 2.74. The SMILES string of the molecule is CCCCC[C@H]1CC[C@H]([C@H]2CC[C@H](CCc3ccc(CC)cc3)CC2)CC1. The van der Waals surface area contributed by atoms with Crippen molar-refractivity contribution < 1.29 is 0 Å². The van der Waals surface area contributed by atoms with Gasteiger partial charge in [-0.25, -0.2) is 0 Å². The molecule has 0 atom stereocenters. The highest BCUT2D eigenvalue weighted by atomic mass is 14.4. The molecule has 0 heteroatoms. The van der Waals surface area contributed by atoms with E-state index in [0.717, 1.165) is 30.1 Å². The molecular formula is C27H44. The maximum atomic E-state index is 2.36. The molecule has 0 saturated heterocycles. The molecule has 0 nitrogen and oxygen atoms in total. The molecule has 0 aliphatic heterocycles. The summed E-state index contributed by atoms with van der Waals surface area (Å²) in [6, 6.07) is 9.38. The van der Waals surface area contributed by atoms with Gasteiger partial charge in [0.15, 0.2) is 0 Å². The van der Waals surface area contributed by atoms with Crippen LogP contribution in [0.5, 0.6) is 0 Å². The second-order valence-electron chi connectivity index (χ2n) is 9.77. The summed E-state index contributed by atoms with van der Waals surface area (Å²) in [7, 11) is 0. The summed E-state index contributed by atoms with van der Waals surface area (Å²) in [4.78, 5) is 0. The van der Waals surface area contributed by atoms with E-state index in [9.17, 15) is 0 Å². The van der Waals surface area contributed by atoms with Crippen LogP contribution in [0.25, 0.3) is 0 Å². The Morgan fingerprint density at radius 2 is 1.15 bits per heavy atom. The van der Waals surface area contributed by atoms with Crippen LogP contribution >= 0.6 is 0 Å². The van der Waals surface area contributed by atoms with E-state index in [1.807, 2.05) is 0 Å². The number of unbranched alkanes of at least 4 members (excludes halogenated alkanes) is 2. The lowest BCUT2D eigenvalue weighted by molar-refractivity contribution is 0.140. The molecule has 1 aromatic rings. The van der Waals surface area contributed by atoms with Gasteiger partial charge < -0.3 is 0 Å². The standard InChI is InChI=1S/C27H44/c1-3-5-6-7-23-14-18-26(19-15-23)27-20-16-25(17-21-27)13-12-24-10-8-22(4-2)9-11-24/h8-11,23,25-27H,3-7,12-21H2,1-2H3/t23-,25-,26-,27-. The van der Waals surface area contributed by atoms with Gasteiger partial charge in [-0.3, -0.25) is 0 Å². The quantitative estimate of drug-likeness (QED) is 0.384. The van der Waals surface area contributed by atoms with Crippen molar-refractivity contribution in [3.8, 4) is 0 Å². The normalized spacial score (nSPS) is 29.0. The Kier molecular flexibility index (Phi) is 8.75. The third kappa shape index (κ3) is 6.65. The van der Waals surface area contributed by atoms with Gasteiger partial charge in [0.2, 0.25) is 0 Å². The lowest BCUT2D eigenvalue weighted by atomic mass is 9.68. The number of rotatable bonds is 9. The van der Waals surface area contributed by atoms with Crippen LogP contribution in [0.2, 0.25) is 0 Å². The lowest BCUT2D eigenvalue weighted by Crippen LogP contribution is -2.26. The van der Waals surface area contributed by atoms with Crippen molar-refractivity contribution in [1.29, 1.82) is 0 Å². The van der Waals surface area contributed by atoms with Gasteiger partial charge in [0.05, 0.1) is 0 Å². The Bertz CT molecular complexity index is 497. The number of aryl methyl sites for hydroxylation is 2. The predicted molar refractivity (Wildman–Crippen MR) is 119 cm³/mol. The van der Waals surface area contributed by atoms with Gasteiger partial charge in [-0.2, -0.15) is 0 Å². The Morgan fingerprint density at radius 1 is 0.630 bits per heavy atom. The molecule has 2 fully saturated rings. The molecule has 0 radical (unpaired) electrons. The predicted octanol–water partition coefficient (Wildman–Crippen LogP) is 8.37. The Morgan fingerprint density at radius 3 is 1.67 bits per heavy atom. The Hall–Kier alpha value is -0.780. The van der Waals surface area contributed by atoms with E-state index in [4.69, 9.17) is 0 Å². The number of benzene rings is 1. The van der Waals surface area contributed by atoms with Crippen LogP contribution in [0.3, 0.4) is 0 Å². The minimum atomic E-state index is 0.998. The molecule has 152 valence electrons. The summed E-state index contributed by atoms with van der Waals surface area (Å²) in [5.41, 5.74) is 3.02. The average molecular weight is 369 g/mol. The number of hydrogen-bond acceptors (Lipinski definition) is 0. The van der Waals surface area contributed by atoms with Crippen LogP contribution in [-0.4, -0.2) is 0 Å². The summed E-state index contributed by atoms with van der Waals surface area (Å²) in [6.07, 6.45) is 22.0. The van der Waals surface area contributed by atoms with Crippen LogP contribution < -0.4 is 0 Å². The molecule has 0 heterocycles. The van der Waals surface area contributed by atoms with Gasteiger partial charge in [-0.05, 0) is 79.7 Å². The topological polar surface area (TPSA) is 0 Å². The molecule has 2 aliphatic carbocycles. The van der Waals surface area contributed by atoms with Crippen LogP contribution in [-0.2, 0) is 12.8 Å². The largest absolute Gasteiger partial charge is 0.0654 e. The highest BCUT2D eigenvalue weighted by Crippen LogP contribution is 2.43. The van der Waals surface area contributed by atoms with E-state index in [2.05, 4.69) is 38.1 Å². The van der Waals surface area contributed by atoms with E-state index in [1.165, 1.54) is 69.8 Å². The van der Waals surface area contributed by atoms with Crippen molar-refractivity contribution in [2.75, 3.05) is 0 Å². The summed E-state index contributed by atoms with van der Waals surface area (Å²) in [5.74, 6) is 4.22. The molecule has 0 amide bonds. The maximum Gasteiger partial charge on any atom is -0.0276 e. The van der Waals surface area contributed by atoms with Gasteiger partial charge >= 0.3 is 0 Å². The summed E-state index contributed by atoms with van der Waals surface area (Å²) < 4.78 is 0. The molecule has 0 unspecified atom stereocenters. The third-order valence-corrected chi connectivity index (χ3v) is 7.94. The first-order valence-corrected chi connectivity index (χ1v) is 12.4. The summed E-state index contributed by atoms with van der Waals surface area (Å²) >= 11 is 0. The maximum absolute atomic E-state index is 2.36. The van der Waals surface area contributed by atoms with Gasteiger partial charge in [-0.15, -0.1) is 0 Å². The lowest BCUT2D eigenvalue weighted by Gasteiger charge is -2.38. The first-order valence-electron chi connectivity index (χ1n) is 12.4. The molecule has 27 heavy (non-hydrogen) atoms. The van der Waals surface area contributed by atoms with Gasteiger partial charge in [0.1, 0.15) is 0 Å². The van der Waals surface area contributed by atoms with Gasteiger partial charge in [0.25, 0.3) is 0 Å². The van der Waals surface area contributed by atoms with E-state index in [0.29, 0.717) is 0 Å². The minimum absolute atomic E-state index is 0.998. The molecule has 2 saturated carbocycles. The zero-order valence-corrected chi connectivity index (χ0v) is 18.2. The minimum Gasteiger partial charge on any atom is -0.0654 e. The van der Waals surface area contributed by atoms with Crippen molar-refractivity contribution >= 4 is 0 Å². The Balaban J connectivity index is 1.32. The zero-order valence-electron chi connectivity index (χ0n) is 18.2. The molecule has 3 rings (SSSR count). The van der Waals surface area contributed by atoms with Gasteiger partial charge in [0, 0.05) is 0 Å². The van der Waals surface area contributed by atoms with Crippen molar-refractivity contribution in [3.05, 3.63) is 35.4 Å². The zero-order chi connectivity index (χ0) is 18.9. The number of hydrogen-bond donors (Lipinski definition) is 0. The molecular weight excluding hydrogens is 324 g/mol. The molecule has 0 aromatic heterocycles.